The van der Waals surface area contributed by atoms with Gasteiger partial charge < -0.3 is 34.2 Å². The molecule has 0 spiro atoms. The van der Waals surface area contributed by atoms with Crippen LogP contribution in [0.15, 0.2) is 41.4 Å². The number of hydrogen-bond donors (Lipinski definition) is 1. The summed E-state index contributed by atoms with van der Waals surface area (Å²) >= 11 is 3.34. The number of pyridine rings is 2. The molecule has 2 saturated heterocycles. The highest BCUT2D eigenvalue weighted by Gasteiger charge is 2.33. The molecule has 0 aliphatic carbocycles. The van der Waals surface area contributed by atoms with Crippen molar-refractivity contribution in [3.05, 3.63) is 41.4 Å². The predicted molar refractivity (Wildman–Crippen MR) is 121 cm³/mol. The van der Waals surface area contributed by atoms with E-state index in [4.69, 9.17) is 34.2 Å². The maximum absolute atomic E-state index is 5.62. The van der Waals surface area contributed by atoms with Crippen LogP contribution >= 0.6 is 15.9 Å². The summed E-state index contributed by atoms with van der Waals surface area (Å²) in [7, 11) is 0. The third-order valence-electron chi connectivity index (χ3n) is 4.42. The fourth-order valence-corrected chi connectivity index (χ4v) is 3.40. The highest BCUT2D eigenvalue weighted by molar-refractivity contribution is 9.10. The second-order valence-corrected chi connectivity index (χ2v) is 9.23. The van der Waals surface area contributed by atoms with Gasteiger partial charge in [0.05, 0.1) is 37.5 Å². The second kappa shape index (κ2) is 10.8. The molecule has 4 rings (SSSR count). The molecular formula is C22H30BrN3O6. The molecule has 0 amide bonds. The zero-order chi connectivity index (χ0) is 23.2. The zero-order valence-corrected chi connectivity index (χ0v) is 20.3. The van der Waals surface area contributed by atoms with Crippen LogP contribution in [0.25, 0.3) is 0 Å². The fourth-order valence-electron chi connectivity index (χ4n) is 3.05. The summed E-state index contributed by atoms with van der Waals surface area (Å²) in [4.78, 5) is 7.95. The van der Waals surface area contributed by atoms with Gasteiger partial charge in [0.25, 0.3) is 0 Å². The second-order valence-electron chi connectivity index (χ2n) is 8.32. The molecule has 2 aliphatic heterocycles. The van der Waals surface area contributed by atoms with Crippen LogP contribution in [0.4, 0.5) is 5.69 Å². The van der Waals surface area contributed by atoms with Gasteiger partial charge in [0.1, 0.15) is 36.9 Å². The number of nitrogens with zero attached hydrogens (tertiary/aromatic N) is 2. The number of nitrogens with two attached hydrogens (primary N) is 1. The van der Waals surface area contributed by atoms with Crippen molar-refractivity contribution in [3.63, 3.8) is 0 Å². The van der Waals surface area contributed by atoms with Gasteiger partial charge in [0.2, 0.25) is 0 Å². The van der Waals surface area contributed by atoms with Crippen molar-refractivity contribution < 1.29 is 28.4 Å². The van der Waals surface area contributed by atoms with Gasteiger partial charge in [-0.15, -0.1) is 0 Å². The van der Waals surface area contributed by atoms with Crippen LogP contribution in [-0.4, -0.2) is 60.2 Å². The van der Waals surface area contributed by atoms with Gasteiger partial charge in [-0.05, 0) is 49.7 Å². The first-order chi connectivity index (χ1) is 15.1. The van der Waals surface area contributed by atoms with Crippen LogP contribution in [0.1, 0.15) is 27.7 Å². The Morgan fingerprint density at radius 3 is 1.81 bits per heavy atom. The van der Waals surface area contributed by atoms with E-state index in [-0.39, 0.29) is 12.2 Å². The summed E-state index contributed by atoms with van der Waals surface area (Å²) in [6, 6.07) is 3.60. The molecule has 176 valence electrons. The summed E-state index contributed by atoms with van der Waals surface area (Å²) in [5.41, 5.74) is 6.17. The number of aromatic nitrogens is 2. The molecule has 0 unspecified atom stereocenters. The number of hydrogen-bond acceptors (Lipinski definition) is 9. The highest BCUT2D eigenvalue weighted by atomic mass is 79.9. The lowest BCUT2D eigenvalue weighted by atomic mass is 10.4. The molecule has 2 aliphatic rings. The van der Waals surface area contributed by atoms with E-state index in [1.165, 1.54) is 0 Å². The van der Waals surface area contributed by atoms with E-state index in [2.05, 4.69) is 25.9 Å². The normalized spacial score (nSPS) is 23.3. The minimum Gasteiger partial charge on any atom is -0.489 e. The van der Waals surface area contributed by atoms with Gasteiger partial charge in [-0.25, -0.2) is 0 Å². The lowest BCUT2D eigenvalue weighted by Crippen LogP contribution is -2.25. The Labute approximate surface area is 196 Å². The van der Waals surface area contributed by atoms with Crippen LogP contribution in [0, 0.1) is 0 Å². The summed E-state index contributed by atoms with van der Waals surface area (Å²) in [6.45, 7) is 9.58. The molecule has 32 heavy (non-hydrogen) atoms. The molecule has 0 aromatic carbocycles. The predicted octanol–water partition coefficient (Wildman–Crippen LogP) is 3.57. The van der Waals surface area contributed by atoms with Crippen LogP contribution in [0.3, 0.4) is 0 Å². The Balaban J connectivity index is 0.000000181. The van der Waals surface area contributed by atoms with Gasteiger partial charge in [0.15, 0.2) is 11.6 Å². The molecule has 10 heteroatoms. The van der Waals surface area contributed by atoms with E-state index < -0.39 is 11.6 Å². The summed E-state index contributed by atoms with van der Waals surface area (Å²) in [6.07, 6.45) is 6.52. The van der Waals surface area contributed by atoms with E-state index in [0.29, 0.717) is 37.9 Å². The number of rotatable bonds is 6. The van der Waals surface area contributed by atoms with E-state index in [0.717, 1.165) is 10.2 Å². The number of anilines is 1. The fraction of sp³-hybridized carbons (Fsp3) is 0.545. The van der Waals surface area contributed by atoms with Gasteiger partial charge >= 0.3 is 0 Å². The van der Waals surface area contributed by atoms with E-state index in [1.54, 1.807) is 30.9 Å². The molecule has 9 nitrogen and oxygen atoms in total. The monoisotopic (exact) mass is 511 g/mol. The minimum atomic E-state index is -0.512. The first kappa shape index (κ1) is 24.7. The van der Waals surface area contributed by atoms with Crippen molar-refractivity contribution in [2.45, 2.75) is 51.5 Å². The third kappa shape index (κ3) is 8.18. The quantitative estimate of drug-likeness (QED) is 0.622. The van der Waals surface area contributed by atoms with Gasteiger partial charge in [0, 0.05) is 16.7 Å². The average Bonchev–Trinajstić information content (AvgIpc) is 3.26. The average molecular weight is 512 g/mol. The minimum absolute atomic E-state index is 0.0195. The first-order valence-corrected chi connectivity index (χ1v) is 11.1. The van der Waals surface area contributed by atoms with Crippen LogP contribution < -0.4 is 15.2 Å². The molecule has 2 aromatic rings. The molecule has 0 radical (unpaired) electrons. The maximum Gasteiger partial charge on any atom is 0.163 e. The molecule has 2 atom stereocenters. The van der Waals surface area contributed by atoms with E-state index in [1.807, 2.05) is 33.8 Å². The third-order valence-corrected chi connectivity index (χ3v) is 4.85. The lowest BCUT2D eigenvalue weighted by molar-refractivity contribution is -0.141. The smallest absolute Gasteiger partial charge is 0.163 e. The van der Waals surface area contributed by atoms with Crippen molar-refractivity contribution in [1.29, 1.82) is 0 Å². The Kier molecular flexibility index (Phi) is 8.29. The van der Waals surface area contributed by atoms with Crippen molar-refractivity contribution in [2.75, 3.05) is 32.2 Å². The Bertz CT molecular complexity index is 811. The van der Waals surface area contributed by atoms with Crippen molar-refractivity contribution in [2.24, 2.45) is 0 Å². The van der Waals surface area contributed by atoms with E-state index in [9.17, 15) is 0 Å². The largest absolute Gasteiger partial charge is 0.489 e. The van der Waals surface area contributed by atoms with Crippen molar-refractivity contribution in [1.82, 2.24) is 9.97 Å². The topological polar surface area (TPSA) is 107 Å². The molecule has 0 saturated carbocycles. The molecule has 4 heterocycles. The Hall–Kier alpha value is -1.98. The molecule has 2 aromatic heterocycles. The van der Waals surface area contributed by atoms with Crippen LogP contribution in [-0.2, 0) is 18.9 Å². The molecule has 0 bridgehead atoms. The number of nitrogen functional groups attached to an aromatic ring is 1. The summed E-state index contributed by atoms with van der Waals surface area (Å²) in [5, 5.41) is 0. The SMILES string of the molecule is CC1(C)OC[C@H](COc2cncc(Br)c2)O1.CC1(C)OC[C@H](COc2cncc(N)c2)O1. The van der Waals surface area contributed by atoms with Crippen LogP contribution in [0.2, 0.25) is 0 Å². The maximum atomic E-state index is 5.62. The molecular weight excluding hydrogens is 482 g/mol. The van der Waals surface area contributed by atoms with Gasteiger partial charge in [-0.2, -0.15) is 0 Å². The van der Waals surface area contributed by atoms with Crippen molar-refractivity contribution >= 4 is 21.6 Å². The van der Waals surface area contributed by atoms with Gasteiger partial charge in [-0.3, -0.25) is 9.97 Å². The zero-order valence-electron chi connectivity index (χ0n) is 18.7. The molecule has 2 fully saturated rings. The first-order valence-electron chi connectivity index (χ1n) is 10.3. The standard InChI is InChI=1S/C11H14BrNO3.C11H16N2O3/c2*1-11(2)15-7-10(16-11)6-14-9-3-8(12)4-13-5-9/h3-5,10H,6-7H2,1-2H3;3-5,10H,6-7,12H2,1-2H3/t2*10-/m00/s1. The van der Waals surface area contributed by atoms with Crippen LogP contribution in [0.5, 0.6) is 11.5 Å². The lowest BCUT2D eigenvalue weighted by Gasteiger charge is -2.17. The van der Waals surface area contributed by atoms with E-state index >= 15 is 0 Å². The number of halogens is 1. The summed E-state index contributed by atoms with van der Waals surface area (Å²) in [5.74, 6) is 0.363. The van der Waals surface area contributed by atoms with Gasteiger partial charge in [-0.1, -0.05) is 0 Å². The Morgan fingerprint density at radius 1 is 0.875 bits per heavy atom. The Morgan fingerprint density at radius 2 is 1.38 bits per heavy atom. The summed E-state index contributed by atoms with van der Waals surface area (Å²) < 4.78 is 34.1. The number of ether oxygens (including phenoxy) is 6. The highest BCUT2D eigenvalue weighted by Crippen LogP contribution is 2.24. The van der Waals surface area contributed by atoms with Crippen molar-refractivity contribution in [3.8, 4) is 11.5 Å². The molecule has 2 N–H and O–H groups in total.